The highest BCUT2D eigenvalue weighted by Gasteiger charge is 2.35. The van der Waals surface area contributed by atoms with Crippen LogP contribution >= 0.6 is 0 Å². The van der Waals surface area contributed by atoms with Crippen molar-refractivity contribution in [1.82, 2.24) is 9.13 Å². The predicted octanol–water partition coefficient (Wildman–Crippen LogP) is 23.3. The first-order valence-electron chi connectivity index (χ1n) is 32.5. The van der Waals surface area contributed by atoms with Crippen LogP contribution in [0, 0.1) is 50.5 Å². The maximum atomic E-state index is 16.4. The summed E-state index contributed by atoms with van der Waals surface area (Å²) in [6.45, 7) is 47.5. The van der Waals surface area contributed by atoms with Crippen molar-refractivity contribution in [1.29, 1.82) is 0 Å². The minimum Gasteiger partial charge on any atom is -0.711 e. The number of fused-ring (bicyclic) bond motifs is 6. The first-order valence-corrected chi connectivity index (χ1v) is 36.0. The lowest BCUT2D eigenvalue weighted by Crippen LogP contribution is -2.37. The van der Waals surface area contributed by atoms with Crippen LogP contribution in [0.5, 0.6) is 23.0 Å². The number of phenols is 2. The van der Waals surface area contributed by atoms with E-state index in [9.17, 15) is 10.2 Å². The van der Waals surface area contributed by atoms with Crippen molar-refractivity contribution in [2.45, 2.75) is 185 Å². The zero-order valence-electron chi connectivity index (χ0n) is 58.4. The largest absolute Gasteiger partial charge is 0.711 e. The molecule has 0 aliphatic heterocycles. The Hall–Kier alpha value is -7.36. The number of nitrogens with zero attached hydrogens (tertiary/aromatic N) is 2. The van der Waals surface area contributed by atoms with Gasteiger partial charge in [0, 0.05) is 44.3 Å². The van der Waals surface area contributed by atoms with Gasteiger partial charge in [-0.25, -0.2) is 8.78 Å². The summed E-state index contributed by atoms with van der Waals surface area (Å²) in [6, 6.07) is 42.8. The van der Waals surface area contributed by atoms with Gasteiger partial charge < -0.3 is 28.1 Å². The Morgan fingerprint density at radius 3 is 1.34 bits per heavy atom. The molecule has 91 heavy (non-hydrogen) atoms. The second-order valence-corrected chi connectivity index (χ2v) is 38.2. The molecule has 0 unspecified atom stereocenters. The van der Waals surface area contributed by atoms with Crippen LogP contribution in [0.15, 0.2) is 127 Å². The fourth-order valence-electron chi connectivity index (χ4n) is 14.6. The molecule has 6 nitrogen and oxygen atoms in total. The second-order valence-electron chi connectivity index (χ2n) is 33.2. The average Bonchev–Trinajstić information content (AvgIpc) is 1.63. The summed E-state index contributed by atoms with van der Waals surface area (Å²) in [5.74, 6) is 0.354. The molecule has 0 radical (unpaired) electrons. The van der Waals surface area contributed by atoms with Crippen molar-refractivity contribution >= 4 is 56.9 Å². The van der Waals surface area contributed by atoms with Crippen LogP contribution in [-0.2, 0) is 30.4 Å². The molecular formula is C82H100F2N2O4Si. The smallest absolute Gasteiger partial charge is 0.237 e. The van der Waals surface area contributed by atoms with Gasteiger partial charge in [-0.3, -0.25) is 0 Å². The number of hydrogen-bond donors (Lipinski definition) is 2. The Bertz CT molecular complexity index is 4390. The summed E-state index contributed by atoms with van der Waals surface area (Å²) in [7, 11) is 7.32. The van der Waals surface area contributed by atoms with Crippen molar-refractivity contribution < 1.29 is 27.7 Å². The van der Waals surface area contributed by atoms with E-state index in [2.05, 4.69) is 260 Å². The number of aromatic hydroxyl groups is 2. The molecule has 10 rings (SSSR count). The maximum absolute atomic E-state index is 16.4. The molecule has 8 aromatic carbocycles. The van der Waals surface area contributed by atoms with Gasteiger partial charge in [0.1, 0.15) is 29.6 Å². The average molecular weight is 1240 g/mol. The van der Waals surface area contributed by atoms with Crippen molar-refractivity contribution in [3.63, 3.8) is 0 Å². The second kappa shape index (κ2) is 23.3. The first kappa shape index (κ1) is 66.6. The molecule has 10 aromatic rings. The van der Waals surface area contributed by atoms with E-state index in [1.165, 1.54) is 40.6 Å². The Balaban J connectivity index is 1.08. The number of phenolic OH excluding ortho intramolecular Hbond substituents is 2. The molecule has 480 valence electrons. The van der Waals surface area contributed by atoms with Crippen molar-refractivity contribution in [2.75, 3.05) is 13.2 Å². The van der Waals surface area contributed by atoms with Crippen LogP contribution < -0.4 is 5.19 Å². The molecule has 0 saturated heterocycles. The van der Waals surface area contributed by atoms with Crippen molar-refractivity contribution in [3.8, 4) is 56.6 Å². The molecule has 2 N–H and O–H groups in total. The third-order valence-electron chi connectivity index (χ3n) is 18.6. The first-order chi connectivity index (χ1) is 42.0. The summed E-state index contributed by atoms with van der Waals surface area (Å²) in [5, 5.41) is 32.1. The summed E-state index contributed by atoms with van der Waals surface area (Å²) in [4.78, 5) is 0. The molecule has 2 heterocycles. The Morgan fingerprint density at radius 2 is 0.868 bits per heavy atom. The highest BCUT2D eigenvalue weighted by atomic mass is 28.3. The van der Waals surface area contributed by atoms with E-state index in [0.29, 0.717) is 70.3 Å². The molecule has 0 saturated carbocycles. The molecule has 2 aromatic heterocycles. The molecule has 0 aliphatic carbocycles. The Kier molecular flexibility index (Phi) is 17.1. The van der Waals surface area contributed by atoms with Gasteiger partial charge in [0.25, 0.3) is 0 Å². The number of aryl methyl sites for hydroxylation is 2. The quantitative estimate of drug-likeness (QED) is 0.0611. The van der Waals surface area contributed by atoms with E-state index in [0.717, 1.165) is 73.1 Å². The van der Waals surface area contributed by atoms with Gasteiger partial charge in [-0.15, -0.1) is 0 Å². The SMILES string of the molecule is [CH2-][O+](CCC[O+]([CH2-])c1c(C)cc(F)cc1-c1cc(C(C)(C)CC(C)(C)C)cc(-n2c3cc(C(C)(C)C)ccc3c3ccc(C(C)(C)C)cc32)c1O)c1ccc(F)cc1-c1cc(C(C)(C)CC(C)(C)C)cc(-n2c3cc(C)ccc3c3ccc([Si](C)(C)C)cc32)c1O. The Morgan fingerprint density at radius 1 is 0.440 bits per heavy atom. The van der Waals surface area contributed by atoms with E-state index in [4.69, 9.17) is 0 Å². The Labute approximate surface area is 543 Å². The van der Waals surface area contributed by atoms with Gasteiger partial charge in [0.05, 0.1) is 52.6 Å². The van der Waals surface area contributed by atoms with Gasteiger partial charge in [0.2, 0.25) is 11.5 Å². The molecule has 0 aliphatic rings. The summed E-state index contributed by atoms with van der Waals surface area (Å²) < 4.78 is 43.0. The van der Waals surface area contributed by atoms with Crippen LogP contribution in [0.3, 0.4) is 0 Å². The number of halogens is 2. The highest BCUT2D eigenvalue weighted by molar-refractivity contribution is 6.88. The third kappa shape index (κ3) is 13.2. The molecule has 0 bridgehead atoms. The normalized spacial score (nSPS) is 13.2. The zero-order chi connectivity index (χ0) is 66.8. The number of rotatable bonds is 15. The monoisotopic (exact) mass is 1240 g/mol. The molecule has 0 spiro atoms. The van der Waals surface area contributed by atoms with Crippen molar-refractivity contribution in [2.24, 2.45) is 10.8 Å². The van der Waals surface area contributed by atoms with Crippen LogP contribution in [-0.4, -0.2) is 40.6 Å². The maximum Gasteiger partial charge on any atom is 0.237 e. The van der Waals surface area contributed by atoms with Gasteiger partial charge in [-0.2, -0.15) is 0 Å². The van der Waals surface area contributed by atoms with Gasteiger partial charge in [0.15, 0.2) is 13.2 Å². The molecule has 9 heteroatoms. The summed E-state index contributed by atoms with van der Waals surface area (Å²) >= 11 is 0. The van der Waals surface area contributed by atoms with Gasteiger partial charge in [-0.1, -0.05) is 184 Å². The van der Waals surface area contributed by atoms with E-state index < -0.39 is 19.7 Å². The van der Waals surface area contributed by atoms with Crippen molar-refractivity contribution in [3.05, 3.63) is 187 Å². The molecular weight excluding hydrogens is 1140 g/mol. The minimum atomic E-state index is -1.79. The van der Waals surface area contributed by atoms with Crippen LogP contribution in [0.1, 0.15) is 163 Å². The predicted molar refractivity (Wildman–Crippen MR) is 386 cm³/mol. The van der Waals surface area contributed by atoms with E-state index in [-0.39, 0.29) is 44.0 Å². The lowest BCUT2D eigenvalue weighted by atomic mass is 9.71. The van der Waals surface area contributed by atoms with Crippen LogP contribution in [0.2, 0.25) is 19.6 Å². The highest BCUT2D eigenvalue weighted by Crippen LogP contribution is 2.52. The zero-order valence-corrected chi connectivity index (χ0v) is 59.4. The fraction of sp³-hybridized carbons (Fsp3) is 0.390. The minimum absolute atomic E-state index is 0.0295. The van der Waals surface area contributed by atoms with E-state index >= 15 is 8.78 Å². The number of aromatic nitrogens is 2. The fourth-order valence-corrected chi connectivity index (χ4v) is 15.7. The van der Waals surface area contributed by atoms with Gasteiger partial charge >= 0.3 is 0 Å². The van der Waals surface area contributed by atoms with E-state index in [1.54, 1.807) is 6.07 Å². The standard InChI is InChI=1S/C82H100F2N2O4Si/c1-50-25-30-59-62-33-29-58(91(21,22)23)47-70(62)85(67(59)37-50)71-43-54(81(15,16)48-77(3,4)5)39-64(74(71)87)63-45-56(83)28-34-73(63)89(19)35-24-36-90(20)76-51(2)38-57(84)46-66(76)65-40-55(82(17,18)49-78(6,7)8)44-72(75(65)88)86-68-41-52(79(9,10)11)26-31-60(68)61-32-27-53(42-69(61)86)80(12,13)14/h25-34,37-47,87-88H,19-20,24,35-36,48-49H2,1-18,21-23H3. The van der Waals surface area contributed by atoms with Crippen LogP contribution in [0.25, 0.3) is 77.2 Å². The van der Waals surface area contributed by atoms with E-state index in [1.807, 2.05) is 13.0 Å². The molecule has 0 atom stereocenters. The number of benzene rings is 8. The summed E-state index contributed by atoms with van der Waals surface area (Å²) in [6.07, 6.45) is 2.15. The molecule has 0 fully saturated rings. The lowest BCUT2D eigenvalue weighted by Gasteiger charge is -2.35. The van der Waals surface area contributed by atoms with Crippen LogP contribution in [0.4, 0.5) is 8.78 Å². The topological polar surface area (TPSA) is 55.7 Å². The number of hydrogen-bond acceptors (Lipinski definition) is 2. The summed E-state index contributed by atoms with van der Waals surface area (Å²) in [5.41, 5.74) is 12.1. The van der Waals surface area contributed by atoms with Gasteiger partial charge in [-0.05, 0) is 174 Å². The third-order valence-corrected chi connectivity index (χ3v) is 20.6. The molecule has 0 amide bonds. The lowest BCUT2D eigenvalue weighted by molar-refractivity contribution is -0.0165.